The van der Waals surface area contributed by atoms with Gasteiger partial charge in [-0.05, 0) is 19.9 Å². The van der Waals surface area contributed by atoms with Crippen LogP contribution in [0, 0.1) is 13.8 Å². The van der Waals surface area contributed by atoms with Crippen LogP contribution in [0.15, 0.2) is 27.4 Å². The van der Waals surface area contributed by atoms with Crippen molar-refractivity contribution in [2.24, 2.45) is 0 Å². The number of nitrogens with one attached hydrogen (secondary N) is 1. The van der Waals surface area contributed by atoms with Crippen LogP contribution in [-0.4, -0.2) is 24.3 Å². The first-order valence-electron chi connectivity index (χ1n) is 7.04. The molecule has 0 radical (unpaired) electrons. The van der Waals surface area contributed by atoms with Gasteiger partial charge in [-0.15, -0.1) is 0 Å². The fraction of sp³-hybridized carbons (Fsp3) is 0.235. The maximum atomic E-state index is 11.9. The minimum atomic E-state index is -0.354. The maximum absolute atomic E-state index is 11.9. The molecule has 0 aliphatic carbocycles. The standard InChI is InChI=1S/C17H17NO5/c1-8-15(18-17(20)9(2)16(8)19)14-7-11-12(22-4)5-10(21-3)6-13(11)23-14/h5-7H,1-4H3,(H2,18,19,20). The molecule has 2 heterocycles. The Labute approximate surface area is 132 Å². The SMILES string of the molecule is COc1cc(OC)c2cc(-c3[nH]c(=O)c(C)c(O)c3C)oc2c1. The summed E-state index contributed by atoms with van der Waals surface area (Å²) in [5.74, 6) is 1.61. The molecule has 2 aromatic heterocycles. The average molecular weight is 315 g/mol. The van der Waals surface area contributed by atoms with Gasteiger partial charge in [-0.3, -0.25) is 4.79 Å². The Kier molecular flexibility index (Phi) is 3.52. The molecule has 0 unspecified atom stereocenters. The Balaban J connectivity index is 2.28. The molecule has 0 atom stereocenters. The normalized spacial score (nSPS) is 11.0. The van der Waals surface area contributed by atoms with Gasteiger partial charge in [0.1, 0.15) is 22.8 Å². The molecule has 0 aliphatic rings. The molecule has 0 aliphatic heterocycles. The van der Waals surface area contributed by atoms with Gasteiger partial charge in [0.25, 0.3) is 5.56 Å². The van der Waals surface area contributed by atoms with E-state index in [1.54, 1.807) is 46.3 Å². The molecule has 120 valence electrons. The second-order valence-corrected chi connectivity index (χ2v) is 5.28. The topological polar surface area (TPSA) is 84.7 Å². The Morgan fingerprint density at radius 1 is 1.09 bits per heavy atom. The van der Waals surface area contributed by atoms with Crippen molar-refractivity contribution in [3.8, 4) is 28.7 Å². The number of pyridine rings is 1. The maximum Gasteiger partial charge on any atom is 0.255 e. The summed E-state index contributed by atoms with van der Waals surface area (Å²) in [7, 11) is 3.12. The number of hydrogen-bond donors (Lipinski definition) is 2. The van der Waals surface area contributed by atoms with Crippen molar-refractivity contribution in [1.82, 2.24) is 4.98 Å². The molecule has 0 saturated carbocycles. The molecule has 0 bridgehead atoms. The van der Waals surface area contributed by atoms with Crippen molar-refractivity contribution in [2.45, 2.75) is 13.8 Å². The molecule has 0 fully saturated rings. The first kappa shape index (κ1) is 15.0. The highest BCUT2D eigenvalue weighted by Crippen LogP contribution is 2.38. The van der Waals surface area contributed by atoms with Crippen molar-refractivity contribution < 1.29 is 19.0 Å². The molecule has 23 heavy (non-hydrogen) atoms. The summed E-state index contributed by atoms with van der Waals surface area (Å²) < 4.78 is 16.4. The summed E-state index contributed by atoms with van der Waals surface area (Å²) in [6.45, 7) is 3.29. The van der Waals surface area contributed by atoms with Crippen LogP contribution in [0.3, 0.4) is 0 Å². The van der Waals surface area contributed by atoms with Gasteiger partial charge in [-0.2, -0.15) is 0 Å². The molecule has 3 aromatic rings. The lowest BCUT2D eigenvalue weighted by atomic mass is 10.1. The van der Waals surface area contributed by atoms with Crippen LogP contribution >= 0.6 is 0 Å². The van der Waals surface area contributed by atoms with Crippen molar-refractivity contribution >= 4 is 11.0 Å². The molecular formula is C17H17NO5. The number of fused-ring (bicyclic) bond motifs is 1. The lowest BCUT2D eigenvalue weighted by Crippen LogP contribution is -2.11. The Morgan fingerprint density at radius 3 is 2.48 bits per heavy atom. The number of ether oxygens (including phenoxy) is 2. The number of aromatic hydroxyl groups is 1. The number of methoxy groups -OCH3 is 2. The van der Waals surface area contributed by atoms with Crippen LogP contribution in [0.2, 0.25) is 0 Å². The third-order valence-corrected chi connectivity index (χ3v) is 3.94. The predicted octanol–water partition coefficient (Wildman–Crippen LogP) is 3.13. The fourth-order valence-electron chi connectivity index (χ4n) is 2.55. The summed E-state index contributed by atoms with van der Waals surface area (Å²) >= 11 is 0. The van der Waals surface area contributed by atoms with E-state index in [0.29, 0.717) is 34.1 Å². The third kappa shape index (κ3) is 2.32. The molecule has 0 spiro atoms. The third-order valence-electron chi connectivity index (χ3n) is 3.94. The number of benzene rings is 1. The molecule has 1 aromatic carbocycles. The largest absolute Gasteiger partial charge is 0.507 e. The molecule has 2 N–H and O–H groups in total. The summed E-state index contributed by atoms with van der Waals surface area (Å²) in [5.41, 5.74) is 1.48. The smallest absolute Gasteiger partial charge is 0.255 e. The van der Waals surface area contributed by atoms with Crippen molar-refractivity contribution in [2.75, 3.05) is 14.2 Å². The van der Waals surface area contributed by atoms with E-state index in [2.05, 4.69) is 4.98 Å². The van der Waals surface area contributed by atoms with Gasteiger partial charge in [0.15, 0.2) is 5.76 Å². The average Bonchev–Trinajstić information content (AvgIpc) is 2.98. The monoisotopic (exact) mass is 315 g/mol. The highest BCUT2D eigenvalue weighted by molar-refractivity contribution is 5.89. The quantitative estimate of drug-likeness (QED) is 0.775. The van der Waals surface area contributed by atoms with Crippen LogP contribution in [0.25, 0.3) is 22.4 Å². The molecule has 0 saturated heterocycles. The van der Waals surface area contributed by atoms with Gasteiger partial charge < -0.3 is 24.0 Å². The lowest BCUT2D eigenvalue weighted by molar-refractivity contribution is 0.397. The summed E-state index contributed by atoms with van der Waals surface area (Å²) in [5, 5.41) is 10.8. The zero-order chi connectivity index (χ0) is 16.7. The number of rotatable bonds is 3. The minimum Gasteiger partial charge on any atom is -0.507 e. The number of aromatic amines is 1. The highest BCUT2D eigenvalue weighted by Gasteiger charge is 2.17. The van der Waals surface area contributed by atoms with Crippen molar-refractivity contribution in [1.29, 1.82) is 0 Å². The number of hydrogen-bond acceptors (Lipinski definition) is 5. The summed E-state index contributed by atoms with van der Waals surface area (Å²) in [6, 6.07) is 5.26. The molecule has 3 rings (SSSR count). The van der Waals surface area contributed by atoms with E-state index >= 15 is 0 Å². The first-order chi connectivity index (χ1) is 11.0. The Morgan fingerprint density at radius 2 is 1.83 bits per heavy atom. The molecule has 6 nitrogen and oxygen atoms in total. The Hall–Kier alpha value is -2.89. The van der Waals surface area contributed by atoms with Gasteiger partial charge in [0.2, 0.25) is 0 Å². The molecular weight excluding hydrogens is 298 g/mol. The number of furan rings is 1. The number of H-pyrrole nitrogens is 1. The van der Waals surface area contributed by atoms with E-state index in [1.807, 2.05) is 0 Å². The zero-order valence-electron chi connectivity index (χ0n) is 13.3. The van der Waals surface area contributed by atoms with Crippen LogP contribution in [0.4, 0.5) is 0 Å². The fourth-order valence-corrected chi connectivity index (χ4v) is 2.55. The molecule has 0 amide bonds. The number of aromatic nitrogens is 1. The highest BCUT2D eigenvalue weighted by atomic mass is 16.5. The summed E-state index contributed by atoms with van der Waals surface area (Å²) in [4.78, 5) is 14.7. The van der Waals surface area contributed by atoms with E-state index in [9.17, 15) is 9.90 Å². The van der Waals surface area contributed by atoms with Gasteiger partial charge in [-0.25, -0.2) is 0 Å². The second kappa shape index (κ2) is 5.39. The minimum absolute atomic E-state index is 0.0336. The summed E-state index contributed by atoms with van der Waals surface area (Å²) in [6.07, 6.45) is 0. The van der Waals surface area contributed by atoms with Gasteiger partial charge in [0, 0.05) is 17.7 Å². The van der Waals surface area contributed by atoms with Crippen LogP contribution in [-0.2, 0) is 0 Å². The van der Waals surface area contributed by atoms with Crippen molar-refractivity contribution in [3.63, 3.8) is 0 Å². The predicted molar refractivity (Wildman–Crippen MR) is 86.5 cm³/mol. The lowest BCUT2D eigenvalue weighted by Gasteiger charge is -2.06. The van der Waals surface area contributed by atoms with Gasteiger partial charge >= 0.3 is 0 Å². The zero-order valence-corrected chi connectivity index (χ0v) is 13.3. The van der Waals surface area contributed by atoms with Crippen LogP contribution in [0.5, 0.6) is 17.2 Å². The Bertz CT molecular complexity index is 952. The first-order valence-corrected chi connectivity index (χ1v) is 7.04. The van der Waals surface area contributed by atoms with E-state index < -0.39 is 0 Å². The van der Waals surface area contributed by atoms with Gasteiger partial charge in [-0.1, -0.05) is 0 Å². The van der Waals surface area contributed by atoms with E-state index in [-0.39, 0.29) is 16.9 Å². The second-order valence-electron chi connectivity index (χ2n) is 5.28. The molecule has 6 heteroatoms. The van der Waals surface area contributed by atoms with Crippen LogP contribution < -0.4 is 15.0 Å². The van der Waals surface area contributed by atoms with E-state index in [1.165, 1.54) is 0 Å². The van der Waals surface area contributed by atoms with E-state index in [0.717, 1.165) is 5.39 Å². The van der Waals surface area contributed by atoms with Gasteiger partial charge in [0.05, 0.1) is 30.9 Å². The van der Waals surface area contributed by atoms with Crippen LogP contribution in [0.1, 0.15) is 11.1 Å². The van der Waals surface area contributed by atoms with E-state index in [4.69, 9.17) is 13.9 Å². The van der Waals surface area contributed by atoms with Crippen molar-refractivity contribution in [3.05, 3.63) is 39.7 Å².